The van der Waals surface area contributed by atoms with E-state index in [1.807, 2.05) is 12.1 Å². The van der Waals surface area contributed by atoms with Gasteiger partial charge < -0.3 is 10.2 Å². The van der Waals surface area contributed by atoms with Crippen LogP contribution in [0.15, 0.2) is 24.3 Å². The molecule has 0 aliphatic carbocycles. The highest BCUT2D eigenvalue weighted by molar-refractivity contribution is 5.63. The third-order valence-corrected chi connectivity index (χ3v) is 2.89. The van der Waals surface area contributed by atoms with Gasteiger partial charge in [0.1, 0.15) is 5.69 Å². The highest BCUT2D eigenvalue weighted by Crippen LogP contribution is 2.29. The highest BCUT2D eigenvalue weighted by Gasteiger charge is 2.24. The van der Waals surface area contributed by atoms with Gasteiger partial charge >= 0.3 is 0 Å². The van der Waals surface area contributed by atoms with Gasteiger partial charge in [0.25, 0.3) is 5.69 Å². The van der Waals surface area contributed by atoms with Gasteiger partial charge in [-0.25, -0.2) is 0 Å². The number of rotatable bonds is 2. The lowest BCUT2D eigenvalue weighted by atomic mass is 10.1. The molecule has 1 aromatic carbocycles. The van der Waals surface area contributed by atoms with Crippen LogP contribution in [0.5, 0.6) is 0 Å². The second kappa shape index (κ2) is 4.49. The predicted octanol–water partition coefficient (Wildman–Crippen LogP) is 1.39. The quantitative estimate of drug-likeness (QED) is 0.605. The molecular formula is C11H15N3O2. The Hall–Kier alpha value is -1.62. The molecular weight excluding hydrogens is 206 g/mol. The van der Waals surface area contributed by atoms with Gasteiger partial charge in [0, 0.05) is 31.7 Å². The van der Waals surface area contributed by atoms with Gasteiger partial charge in [0.15, 0.2) is 0 Å². The summed E-state index contributed by atoms with van der Waals surface area (Å²) in [7, 11) is 0. The van der Waals surface area contributed by atoms with Crippen molar-refractivity contribution in [3.63, 3.8) is 0 Å². The van der Waals surface area contributed by atoms with Gasteiger partial charge in [-0.05, 0) is 13.0 Å². The summed E-state index contributed by atoms with van der Waals surface area (Å²) in [6.45, 7) is 4.62. The van der Waals surface area contributed by atoms with Crippen molar-refractivity contribution in [2.75, 3.05) is 24.5 Å². The number of piperazine rings is 1. The molecule has 5 heteroatoms. The van der Waals surface area contributed by atoms with Crippen LogP contribution < -0.4 is 10.2 Å². The van der Waals surface area contributed by atoms with E-state index in [2.05, 4.69) is 17.1 Å². The van der Waals surface area contributed by atoms with E-state index in [9.17, 15) is 10.1 Å². The molecule has 1 unspecified atom stereocenters. The van der Waals surface area contributed by atoms with Gasteiger partial charge in [-0.15, -0.1) is 0 Å². The normalized spacial score (nSPS) is 20.8. The molecule has 16 heavy (non-hydrogen) atoms. The Morgan fingerprint density at radius 1 is 1.50 bits per heavy atom. The number of nitrogens with one attached hydrogen (secondary N) is 1. The van der Waals surface area contributed by atoms with Crippen LogP contribution in [0.2, 0.25) is 0 Å². The summed E-state index contributed by atoms with van der Waals surface area (Å²) >= 11 is 0. The van der Waals surface area contributed by atoms with Crippen LogP contribution in [0.3, 0.4) is 0 Å². The molecule has 1 aliphatic rings. The molecule has 0 aromatic heterocycles. The summed E-state index contributed by atoms with van der Waals surface area (Å²) in [5, 5.41) is 14.2. The van der Waals surface area contributed by atoms with Crippen LogP contribution in [0.25, 0.3) is 0 Å². The molecule has 1 heterocycles. The van der Waals surface area contributed by atoms with Crippen LogP contribution in [0, 0.1) is 10.1 Å². The van der Waals surface area contributed by atoms with Gasteiger partial charge in [-0.2, -0.15) is 0 Å². The van der Waals surface area contributed by atoms with Gasteiger partial charge in [-0.1, -0.05) is 12.1 Å². The minimum atomic E-state index is -0.315. The monoisotopic (exact) mass is 221 g/mol. The van der Waals surface area contributed by atoms with Crippen molar-refractivity contribution in [2.24, 2.45) is 0 Å². The van der Waals surface area contributed by atoms with E-state index in [4.69, 9.17) is 0 Å². The maximum atomic E-state index is 10.9. The Morgan fingerprint density at radius 2 is 2.25 bits per heavy atom. The van der Waals surface area contributed by atoms with Crippen LogP contribution in [0.1, 0.15) is 6.92 Å². The first kappa shape index (κ1) is 10.9. The lowest BCUT2D eigenvalue weighted by molar-refractivity contribution is -0.384. The number of hydrogen-bond donors (Lipinski definition) is 1. The van der Waals surface area contributed by atoms with Crippen LogP contribution >= 0.6 is 0 Å². The Labute approximate surface area is 94.2 Å². The molecule has 2 rings (SSSR count). The maximum Gasteiger partial charge on any atom is 0.292 e. The molecule has 1 N–H and O–H groups in total. The van der Waals surface area contributed by atoms with Crippen molar-refractivity contribution in [2.45, 2.75) is 13.0 Å². The number of nitrogens with zero attached hydrogens (tertiary/aromatic N) is 2. The summed E-state index contributed by atoms with van der Waals surface area (Å²) in [5.41, 5.74) is 0.915. The highest BCUT2D eigenvalue weighted by atomic mass is 16.6. The van der Waals surface area contributed by atoms with Crippen molar-refractivity contribution in [3.8, 4) is 0 Å². The molecule has 1 aromatic rings. The summed E-state index contributed by atoms with van der Waals surface area (Å²) in [6, 6.07) is 7.21. The van der Waals surface area contributed by atoms with Gasteiger partial charge in [0.05, 0.1) is 4.92 Å². The van der Waals surface area contributed by atoms with Crippen molar-refractivity contribution in [1.82, 2.24) is 5.32 Å². The second-order valence-electron chi connectivity index (χ2n) is 3.99. The minimum absolute atomic E-state index is 0.191. The number of nitro benzene ring substituents is 1. The first-order valence-corrected chi connectivity index (χ1v) is 5.41. The van der Waals surface area contributed by atoms with Crippen LogP contribution in [-0.4, -0.2) is 30.6 Å². The molecule has 5 nitrogen and oxygen atoms in total. The van der Waals surface area contributed by atoms with Crippen LogP contribution in [-0.2, 0) is 0 Å². The summed E-state index contributed by atoms with van der Waals surface area (Å²) < 4.78 is 0. The first-order chi connectivity index (χ1) is 7.70. The van der Waals surface area contributed by atoms with Gasteiger partial charge in [-0.3, -0.25) is 10.1 Å². The van der Waals surface area contributed by atoms with E-state index in [0.717, 1.165) is 25.3 Å². The molecule has 1 aliphatic heterocycles. The van der Waals surface area contributed by atoms with E-state index >= 15 is 0 Å². The number of anilines is 1. The average Bonchev–Trinajstić information content (AvgIpc) is 2.29. The largest absolute Gasteiger partial charge is 0.361 e. The number of hydrogen-bond acceptors (Lipinski definition) is 4. The zero-order valence-corrected chi connectivity index (χ0v) is 9.22. The van der Waals surface area contributed by atoms with E-state index in [1.165, 1.54) is 0 Å². The SMILES string of the molecule is CC1CNCCN1c1ccccc1[N+](=O)[O-]. The summed E-state index contributed by atoms with van der Waals surface area (Å²) in [5.74, 6) is 0. The lowest BCUT2D eigenvalue weighted by Gasteiger charge is -2.35. The van der Waals surface area contributed by atoms with Crippen molar-refractivity contribution in [1.29, 1.82) is 0 Å². The molecule has 1 atom stereocenters. The lowest BCUT2D eigenvalue weighted by Crippen LogP contribution is -2.50. The van der Waals surface area contributed by atoms with Crippen molar-refractivity contribution >= 4 is 11.4 Å². The predicted molar refractivity (Wildman–Crippen MR) is 62.8 cm³/mol. The molecule has 0 amide bonds. The fourth-order valence-corrected chi connectivity index (χ4v) is 2.06. The smallest absolute Gasteiger partial charge is 0.292 e. The molecule has 86 valence electrons. The summed E-state index contributed by atoms with van der Waals surface area (Å²) in [6.07, 6.45) is 0. The molecule has 1 saturated heterocycles. The Morgan fingerprint density at radius 3 is 2.94 bits per heavy atom. The third kappa shape index (κ3) is 1.99. The molecule has 0 saturated carbocycles. The Balaban J connectivity index is 2.34. The minimum Gasteiger partial charge on any atom is -0.361 e. The topological polar surface area (TPSA) is 58.4 Å². The Kier molecular flexibility index (Phi) is 3.05. The van der Waals surface area contributed by atoms with Crippen molar-refractivity contribution in [3.05, 3.63) is 34.4 Å². The summed E-state index contributed by atoms with van der Waals surface area (Å²) in [4.78, 5) is 12.7. The zero-order chi connectivity index (χ0) is 11.5. The standard InChI is InChI=1S/C11H15N3O2/c1-9-8-12-6-7-13(9)10-4-2-3-5-11(10)14(15)16/h2-5,9,12H,6-8H2,1H3. The molecule has 0 spiro atoms. The van der Waals surface area contributed by atoms with E-state index in [-0.39, 0.29) is 16.7 Å². The maximum absolute atomic E-state index is 10.9. The van der Waals surface area contributed by atoms with E-state index in [0.29, 0.717) is 0 Å². The average molecular weight is 221 g/mol. The molecule has 1 fully saturated rings. The number of para-hydroxylation sites is 2. The molecule has 0 radical (unpaired) electrons. The van der Waals surface area contributed by atoms with Crippen molar-refractivity contribution < 1.29 is 4.92 Å². The van der Waals surface area contributed by atoms with Gasteiger partial charge in [0.2, 0.25) is 0 Å². The fourth-order valence-electron chi connectivity index (χ4n) is 2.06. The number of benzene rings is 1. The van der Waals surface area contributed by atoms with Crippen LogP contribution in [0.4, 0.5) is 11.4 Å². The number of nitro groups is 1. The third-order valence-electron chi connectivity index (χ3n) is 2.89. The zero-order valence-electron chi connectivity index (χ0n) is 9.22. The molecule has 0 bridgehead atoms. The fraction of sp³-hybridized carbons (Fsp3) is 0.455. The van der Waals surface area contributed by atoms with E-state index < -0.39 is 0 Å². The Bertz CT molecular complexity index is 395. The second-order valence-corrected chi connectivity index (χ2v) is 3.99. The first-order valence-electron chi connectivity index (χ1n) is 5.41. The van der Waals surface area contributed by atoms with E-state index in [1.54, 1.807) is 12.1 Å².